The van der Waals surface area contributed by atoms with Gasteiger partial charge in [0, 0.05) is 6.20 Å². The molecule has 82 valence electrons. The second-order valence-corrected chi connectivity index (χ2v) is 4.18. The predicted octanol–water partition coefficient (Wildman–Crippen LogP) is 1.08. The molecule has 0 spiro atoms. The summed E-state index contributed by atoms with van der Waals surface area (Å²) < 4.78 is 0. The fraction of sp³-hybridized carbons (Fsp3) is 0.200. The Balaban J connectivity index is 1.90. The van der Waals surface area contributed by atoms with E-state index in [2.05, 4.69) is 15.3 Å². The highest BCUT2D eigenvalue weighted by molar-refractivity contribution is 8.15. The van der Waals surface area contributed by atoms with E-state index in [4.69, 9.17) is 0 Å². The minimum absolute atomic E-state index is 0.132. The van der Waals surface area contributed by atoms with Gasteiger partial charge in [-0.15, -0.1) is 11.8 Å². The molecule has 6 heteroatoms. The van der Waals surface area contributed by atoms with E-state index in [-0.39, 0.29) is 18.2 Å². The van der Waals surface area contributed by atoms with Crippen LogP contribution in [0.4, 0.5) is 5.82 Å². The molecule has 5 nitrogen and oxygen atoms in total. The van der Waals surface area contributed by atoms with Gasteiger partial charge in [-0.05, 0) is 12.1 Å². The molecule has 0 saturated carbocycles. The molecular weight excluding hydrogens is 226 g/mol. The van der Waals surface area contributed by atoms with E-state index in [1.807, 2.05) is 0 Å². The van der Waals surface area contributed by atoms with Gasteiger partial charge in [-0.1, -0.05) is 6.07 Å². The Hall–Kier alpha value is -1.69. The molecule has 0 bridgehead atoms. The number of amides is 2. The number of rotatable bonds is 3. The SMILES string of the molecule is O=C1CSC(CC(=O)Nc2ccccn2)=N1. The Kier molecular flexibility index (Phi) is 3.31. The van der Waals surface area contributed by atoms with Gasteiger partial charge in [-0.2, -0.15) is 0 Å². The van der Waals surface area contributed by atoms with Crippen molar-refractivity contribution < 1.29 is 9.59 Å². The molecule has 0 aliphatic carbocycles. The highest BCUT2D eigenvalue weighted by Gasteiger charge is 2.17. The summed E-state index contributed by atoms with van der Waals surface area (Å²) in [5, 5.41) is 3.20. The number of anilines is 1. The minimum Gasteiger partial charge on any atom is -0.310 e. The van der Waals surface area contributed by atoms with E-state index in [1.54, 1.807) is 24.4 Å². The van der Waals surface area contributed by atoms with Gasteiger partial charge >= 0.3 is 0 Å². The summed E-state index contributed by atoms with van der Waals surface area (Å²) in [4.78, 5) is 30.1. The van der Waals surface area contributed by atoms with Crippen molar-refractivity contribution in [3.63, 3.8) is 0 Å². The zero-order valence-electron chi connectivity index (χ0n) is 8.34. The van der Waals surface area contributed by atoms with Crippen molar-refractivity contribution >= 4 is 34.4 Å². The highest BCUT2D eigenvalue weighted by atomic mass is 32.2. The molecule has 1 N–H and O–H groups in total. The first-order valence-corrected chi connectivity index (χ1v) is 5.67. The largest absolute Gasteiger partial charge is 0.310 e. The van der Waals surface area contributed by atoms with Crippen LogP contribution >= 0.6 is 11.8 Å². The van der Waals surface area contributed by atoms with Crippen LogP contribution in [-0.4, -0.2) is 27.6 Å². The number of aromatic nitrogens is 1. The smallest absolute Gasteiger partial charge is 0.256 e. The van der Waals surface area contributed by atoms with Crippen LogP contribution in [0.15, 0.2) is 29.4 Å². The Morgan fingerprint density at radius 3 is 3.00 bits per heavy atom. The molecule has 1 aliphatic heterocycles. The average Bonchev–Trinajstić information content (AvgIpc) is 2.65. The highest BCUT2D eigenvalue weighted by Crippen LogP contribution is 2.16. The zero-order chi connectivity index (χ0) is 11.4. The molecule has 2 heterocycles. The van der Waals surface area contributed by atoms with E-state index in [9.17, 15) is 9.59 Å². The molecule has 1 aromatic rings. The van der Waals surface area contributed by atoms with Gasteiger partial charge in [0.2, 0.25) is 5.91 Å². The Morgan fingerprint density at radius 1 is 1.50 bits per heavy atom. The second-order valence-electron chi connectivity index (χ2n) is 3.13. The minimum atomic E-state index is -0.209. The first-order chi connectivity index (χ1) is 7.74. The van der Waals surface area contributed by atoms with Crippen LogP contribution in [0.5, 0.6) is 0 Å². The van der Waals surface area contributed by atoms with Gasteiger partial charge in [0.05, 0.1) is 17.2 Å². The molecule has 0 saturated heterocycles. The fourth-order valence-corrected chi connectivity index (χ4v) is 1.95. The molecule has 2 amide bonds. The molecule has 0 fully saturated rings. The Morgan fingerprint density at radius 2 is 2.38 bits per heavy atom. The monoisotopic (exact) mass is 235 g/mol. The van der Waals surface area contributed by atoms with E-state index in [1.165, 1.54) is 11.8 Å². The standard InChI is InChI=1S/C10H9N3O2S/c14-8(5-10-13-9(15)6-16-10)12-7-3-1-2-4-11-7/h1-4H,5-6H2,(H,11,12,14). The van der Waals surface area contributed by atoms with Crippen LogP contribution < -0.4 is 5.32 Å². The van der Waals surface area contributed by atoms with Crippen molar-refractivity contribution in [3.05, 3.63) is 24.4 Å². The van der Waals surface area contributed by atoms with Gasteiger partial charge in [0.1, 0.15) is 5.82 Å². The number of hydrogen-bond acceptors (Lipinski definition) is 4. The zero-order valence-corrected chi connectivity index (χ0v) is 9.16. The molecule has 0 unspecified atom stereocenters. The first-order valence-electron chi connectivity index (χ1n) is 4.68. The van der Waals surface area contributed by atoms with Crippen LogP contribution in [0.25, 0.3) is 0 Å². The summed E-state index contributed by atoms with van der Waals surface area (Å²) in [7, 11) is 0. The van der Waals surface area contributed by atoms with Crippen molar-refractivity contribution in [1.29, 1.82) is 0 Å². The van der Waals surface area contributed by atoms with Crippen molar-refractivity contribution in [3.8, 4) is 0 Å². The maximum atomic E-state index is 11.5. The molecular formula is C10H9N3O2S. The van der Waals surface area contributed by atoms with Gasteiger partial charge < -0.3 is 5.32 Å². The molecule has 16 heavy (non-hydrogen) atoms. The third kappa shape index (κ3) is 2.90. The first kappa shape index (κ1) is 10.8. The van der Waals surface area contributed by atoms with Crippen molar-refractivity contribution in [2.24, 2.45) is 4.99 Å². The van der Waals surface area contributed by atoms with Crippen LogP contribution in [0.3, 0.4) is 0 Å². The molecule has 1 aliphatic rings. The Labute approximate surface area is 96.4 Å². The van der Waals surface area contributed by atoms with E-state index in [0.717, 1.165) is 0 Å². The van der Waals surface area contributed by atoms with E-state index < -0.39 is 0 Å². The number of aliphatic imine (C=N–C) groups is 1. The average molecular weight is 235 g/mol. The Bertz CT molecular complexity index is 445. The fourth-order valence-electron chi connectivity index (χ4n) is 1.20. The lowest BCUT2D eigenvalue weighted by Gasteiger charge is -2.02. The summed E-state index contributed by atoms with van der Waals surface area (Å²) in [6.07, 6.45) is 1.73. The lowest BCUT2D eigenvalue weighted by atomic mass is 10.4. The summed E-state index contributed by atoms with van der Waals surface area (Å²) in [6.45, 7) is 0. The van der Waals surface area contributed by atoms with Crippen molar-refractivity contribution in [2.75, 3.05) is 11.1 Å². The third-order valence-electron chi connectivity index (χ3n) is 1.86. The maximum absolute atomic E-state index is 11.5. The topological polar surface area (TPSA) is 71.4 Å². The number of hydrogen-bond donors (Lipinski definition) is 1. The van der Waals surface area contributed by atoms with Crippen LogP contribution in [0.1, 0.15) is 6.42 Å². The number of nitrogens with one attached hydrogen (secondary N) is 1. The third-order valence-corrected chi connectivity index (χ3v) is 2.82. The van der Waals surface area contributed by atoms with Crippen LogP contribution in [0, 0.1) is 0 Å². The number of pyridine rings is 1. The second kappa shape index (κ2) is 4.89. The molecule has 1 aromatic heterocycles. The summed E-state index contributed by atoms with van der Waals surface area (Å²) >= 11 is 1.31. The number of nitrogens with zero attached hydrogens (tertiary/aromatic N) is 2. The normalized spacial score (nSPS) is 14.8. The molecule has 0 aromatic carbocycles. The van der Waals surface area contributed by atoms with Crippen LogP contribution in [-0.2, 0) is 9.59 Å². The number of carbonyl (C=O) groups is 2. The van der Waals surface area contributed by atoms with Gasteiger partial charge in [-0.3, -0.25) is 9.59 Å². The summed E-state index contributed by atoms with van der Waals surface area (Å²) in [6, 6.07) is 5.26. The quantitative estimate of drug-likeness (QED) is 0.851. The lowest BCUT2D eigenvalue weighted by Crippen LogP contribution is -2.15. The van der Waals surface area contributed by atoms with Crippen molar-refractivity contribution in [1.82, 2.24) is 4.98 Å². The number of thioether (sulfide) groups is 1. The molecule has 2 rings (SSSR count). The predicted molar refractivity (Wildman–Crippen MR) is 62.4 cm³/mol. The molecule has 0 radical (unpaired) electrons. The van der Waals surface area contributed by atoms with Gasteiger partial charge in [-0.25, -0.2) is 9.98 Å². The van der Waals surface area contributed by atoms with E-state index in [0.29, 0.717) is 16.6 Å². The van der Waals surface area contributed by atoms with Gasteiger partial charge in [0.25, 0.3) is 5.91 Å². The van der Waals surface area contributed by atoms with Crippen LogP contribution in [0.2, 0.25) is 0 Å². The number of carbonyl (C=O) groups excluding carboxylic acids is 2. The summed E-state index contributed by atoms with van der Waals surface area (Å²) in [5.41, 5.74) is 0. The van der Waals surface area contributed by atoms with Gasteiger partial charge in [0.15, 0.2) is 0 Å². The summed E-state index contributed by atoms with van der Waals surface area (Å²) in [5.74, 6) is 0.458. The molecule has 0 atom stereocenters. The maximum Gasteiger partial charge on any atom is 0.256 e. The van der Waals surface area contributed by atoms with E-state index >= 15 is 0 Å². The lowest BCUT2D eigenvalue weighted by molar-refractivity contribution is -0.115. The van der Waals surface area contributed by atoms with Crippen molar-refractivity contribution in [2.45, 2.75) is 6.42 Å².